The highest BCUT2D eigenvalue weighted by molar-refractivity contribution is 6.09. The smallest absolute Gasteiger partial charge is 0.265 e. The topological polar surface area (TPSA) is 105 Å². The van der Waals surface area contributed by atoms with Crippen LogP contribution in [0.1, 0.15) is 45.1 Å². The number of halogens is 2. The van der Waals surface area contributed by atoms with Crippen LogP contribution in [0.25, 0.3) is 0 Å². The van der Waals surface area contributed by atoms with E-state index in [0.29, 0.717) is 6.54 Å². The Bertz CT molecular complexity index is 860. The monoisotopic (exact) mass is 452 g/mol. The van der Waals surface area contributed by atoms with Gasteiger partial charge in [-0.3, -0.25) is 19.3 Å². The summed E-state index contributed by atoms with van der Waals surface area (Å²) in [6.07, 6.45) is -0.0912. The van der Waals surface area contributed by atoms with Crippen molar-refractivity contribution in [3.8, 4) is 0 Å². The maximum absolute atomic E-state index is 13.8. The molecule has 8 nitrogen and oxygen atoms in total. The van der Waals surface area contributed by atoms with E-state index in [1.165, 1.54) is 17.0 Å². The molecule has 1 aliphatic heterocycles. The molecule has 1 saturated heterocycles. The number of rotatable bonds is 9. The number of morpholine rings is 1. The lowest BCUT2D eigenvalue weighted by atomic mass is 9.89. The molecule has 176 valence electrons. The van der Waals surface area contributed by atoms with Gasteiger partial charge in [-0.05, 0) is 37.0 Å². The van der Waals surface area contributed by atoms with Crippen LogP contribution in [0.5, 0.6) is 0 Å². The van der Waals surface area contributed by atoms with Crippen molar-refractivity contribution in [3.63, 3.8) is 0 Å². The average Bonchev–Trinajstić information content (AvgIpc) is 2.66. The van der Waals surface area contributed by atoms with E-state index >= 15 is 0 Å². The zero-order valence-corrected chi connectivity index (χ0v) is 18.4. The Hall–Kier alpha value is -2.59. The molecule has 0 aromatic heterocycles. The predicted octanol–water partition coefficient (Wildman–Crippen LogP) is 2.29. The molecule has 1 aromatic rings. The van der Waals surface area contributed by atoms with Crippen molar-refractivity contribution in [2.24, 2.45) is 11.7 Å². The van der Waals surface area contributed by atoms with E-state index in [1.807, 2.05) is 18.7 Å². The van der Waals surface area contributed by atoms with Gasteiger partial charge in [-0.2, -0.15) is 0 Å². The van der Waals surface area contributed by atoms with Crippen molar-refractivity contribution in [3.05, 3.63) is 23.8 Å². The molecular formula is C22H30F2N4O4. The van der Waals surface area contributed by atoms with Gasteiger partial charge in [0.1, 0.15) is 6.61 Å². The van der Waals surface area contributed by atoms with Crippen molar-refractivity contribution in [2.75, 3.05) is 36.5 Å². The zero-order chi connectivity index (χ0) is 23.4. The Morgan fingerprint density at radius 2 is 2.03 bits per heavy atom. The number of hydrogen-bond donors (Lipinski definition) is 2. The molecular weight excluding hydrogens is 422 g/mol. The van der Waals surface area contributed by atoms with E-state index in [1.54, 1.807) is 0 Å². The van der Waals surface area contributed by atoms with Crippen molar-refractivity contribution in [2.45, 2.75) is 51.6 Å². The summed E-state index contributed by atoms with van der Waals surface area (Å²) in [6, 6.07) is 2.84. The first kappa shape index (κ1) is 24.1. The molecule has 10 heteroatoms. The van der Waals surface area contributed by atoms with Gasteiger partial charge in [-0.15, -0.1) is 0 Å². The molecule has 0 bridgehead atoms. The van der Waals surface area contributed by atoms with Gasteiger partial charge >= 0.3 is 0 Å². The van der Waals surface area contributed by atoms with Gasteiger partial charge in [0.25, 0.3) is 18.2 Å². The second kappa shape index (κ2) is 10.4. The molecule has 2 aliphatic rings. The van der Waals surface area contributed by atoms with Crippen molar-refractivity contribution in [1.82, 2.24) is 4.90 Å². The summed E-state index contributed by atoms with van der Waals surface area (Å²) in [5, 5.41) is 2.57. The number of amides is 3. The van der Waals surface area contributed by atoms with Gasteiger partial charge in [0.2, 0.25) is 5.91 Å². The Morgan fingerprint density at radius 1 is 1.31 bits per heavy atom. The lowest BCUT2D eigenvalue weighted by Crippen LogP contribution is -2.58. The van der Waals surface area contributed by atoms with Gasteiger partial charge in [-0.1, -0.05) is 20.3 Å². The summed E-state index contributed by atoms with van der Waals surface area (Å²) in [4.78, 5) is 40.4. The number of anilines is 2. The van der Waals surface area contributed by atoms with E-state index in [-0.39, 0.29) is 48.7 Å². The number of nitrogens with two attached hydrogens (primary N) is 1. The van der Waals surface area contributed by atoms with Crippen LogP contribution in [0.4, 0.5) is 20.2 Å². The second-order valence-electron chi connectivity index (χ2n) is 8.64. The number of nitrogens with zero attached hydrogens (tertiary/aromatic N) is 2. The molecule has 1 saturated carbocycles. The predicted molar refractivity (Wildman–Crippen MR) is 115 cm³/mol. The Labute approximate surface area is 186 Å². The van der Waals surface area contributed by atoms with Gasteiger partial charge in [0, 0.05) is 30.4 Å². The number of carbonyl (C=O) groups excluding carboxylic acids is 3. The molecule has 0 radical (unpaired) electrons. The molecule has 32 heavy (non-hydrogen) atoms. The fourth-order valence-corrected chi connectivity index (χ4v) is 4.08. The number of benzene rings is 1. The first-order valence-corrected chi connectivity index (χ1v) is 10.8. The summed E-state index contributed by atoms with van der Waals surface area (Å²) in [5.41, 5.74) is 5.39. The molecule has 2 fully saturated rings. The SMILES string of the molecule is CC(C)CN(C1CCC1)[C@@H](C(N)=O)C(=O)Nc1ccc(N2CCOCC2=O)c(C(F)F)c1. The number of primary amides is 1. The fraction of sp³-hybridized carbons (Fsp3) is 0.591. The van der Waals surface area contributed by atoms with Crippen LogP contribution in [0.2, 0.25) is 0 Å². The third kappa shape index (κ3) is 5.42. The Kier molecular flexibility index (Phi) is 7.78. The fourth-order valence-electron chi connectivity index (χ4n) is 4.08. The van der Waals surface area contributed by atoms with Crippen molar-refractivity contribution in [1.29, 1.82) is 0 Å². The van der Waals surface area contributed by atoms with E-state index in [9.17, 15) is 23.2 Å². The number of hydrogen-bond acceptors (Lipinski definition) is 5. The lowest BCUT2D eigenvalue weighted by molar-refractivity contribution is -0.135. The Morgan fingerprint density at radius 3 is 2.56 bits per heavy atom. The van der Waals surface area contributed by atoms with E-state index in [0.717, 1.165) is 25.3 Å². The van der Waals surface area contributed by atoms with E-state index < -0.39 is 30.2 Å². The summed E-state index contributed by atoms with van der Waals surface area (Å²) in [7, 11) is 0. The van der Waals surface area contributed by atoms with Gasteiger partial charge in [0.15, 0.2) is 6.04 Å². The molecule has 3 N–H and O–H groups in total. The van der Waals surface area contributed by atoms with Gasteiger partial charge < -0.3 is 20.7 Å². The van der Waals surface area contributed by atoms with Crippen LogP contribution >= 0.6 is 0 Å². The van der Waals surface area contributed by atoms with Crippen LogP contribution in [0.15, 0.2) is 18.2 Å². The van der Waals surface area contributed by atoms with E-state index in [2.05, 4.69) is 5.32 Å². The normalized spacial score (nSPS) is 18.2. The Balaban J connectivity index is 1.84. The van der Waals surface area contributed by atoms with Crippen LogP contribution < -0.4 is 16.0 Å². The van der Waals surface area contributed by atoms with Crippen LogP contribution in [0.3, 0.4) is 0 Å². The summed E-state index contributed by atoms with van der Waals surface area (Å²) in [5.74, 6) is -1.63. The average molecular weight is 453 g/mol. The highest BCUT2D eigenvalue weighted by atomic mass is 19.3. The second-order valence-corrected chi connectivity index (χ2v) is 8.64. The molecule has 0 spiro atoms. The van der Waals surface area contributed by atoms with Crippen molar-refractivity contribution >= 4 is 29.1 Å². The zero-order valence-electron chi connectivity index (χ0n) is 18.4. The first-order chi connectivity index (χ1) is 15.2. The third-order valence-corrected chi connectivity index (χ3v) is 5.78. The molecule has 1 aromatic carbocycles. The number of nitrogens with one attached hydrogen (secondary N) is 1. The maximum atomic E-state index is 13.8. The molecule has 0 unspecified atom stereocenters. The van der Waals surface area contributed by atoms with Gasteiger partial charge in [-0.25, -0.2) is 8.78 Å². The lowest BCUT2D eigenvalue weighted by Gasteiger charge is -2.41. The van der Waals surface area contributed by atoms with Crippen LogP contribution in [-0.2, 0) is 19.1 Å². The number of ether oxygens (including phenoxy) is 1. The number of alkyl halides is 2. The molecule has 3 rings (SSSR count). The van der Waals surface area contributed by atoms with Gasteiger partial charge in [0.05, 0.1) is 12.3 Å². The van der Waals surface area contributed by atoms with Crippen molar-refractivity contribution < 1.29 is 27.9 Å². The maximum Gasteiger partial charge on any atom is 0.265 e. The first-order valence-electron chi connectivity index (χ1n) is 10.8. The molecule has 3 amide bonds. The summed E-state index contributed by atoms with van der Waals surface area (Å²) >= 11 is 0. The quantitative estimate of drug-likeness (QED) is 0.560. The number of carbonyl (C=O) groups is 3. The molecule has 1 aliphatic carbocycles. The largest absolute Gasteiger partial charge is 0.370 e. The third-order valence-electron chi connectivity index (χ3n) is 5.78. The standard InChI is InChI=1S/C22H30F2N4O4/c1-13(2)11-28(15-4-3-5-15)19(21(25)30)22(31)26-14-6-7-17(16(10-14)20(23)24)27-8-9-32-12-18(27)29/h6-7,10,13,15,19-20H,3-5,8-9,11-12H2,1-2H3,(H2,25,30)(H,26,31)/t19-/m0/s1. The summed E-state index contributed by atoms with van der Waals surface area (Å²) in [6.45, 7) is 4.74. The van der Waals surface area contributed by atoms with Crippen LogP contribution in [-0.4, -0.2) is 61.0 Å². The van der Waals surface area contributed by atoms with Crippen LogP contribution in [0, 0.1) is 5.92 Å². The molecule has 1 heterocycles. The minimum atomic E-state index is -2.86. The minimum Gasteiger partial charge on any atom is -0.370 e. The van der Waals surface area contributed by atoms with E-state index in [4.69, 9.17) is 10.5 Å². The minimum absolute atomic E-state index is 0.0775. The summed E-state index contributed by atoms with van der Waals surface area (Å²) < 4.78 is 32.6. The highest BCUT2D eigenvalue weighted by Gasteiger charge is 2.38. The molecule has 1 atom stereocenters. The highest BCUT2D eigenvalue weighted by Crippen LogP contribution is 2.33.